The molecule has 2 amide bonds. The first-order valence-corrected chi connectivity index (χ1v) is 6.99. The van der Waals surface area contributed by atoms with Crippen LogP contribution in [0, 0.1) is 0 Å². The number of carbonyl (C=O) groups is 3. The Morgan fingerprint density at radius 3 is 2.70 bits per heavy atom. The summed E-state index contributed by atoms with van der Waals surface area (Å²) in [7, 11) is 1.51. The minimum Gasteiger partial charge on any atom is -0.497 e. The average Bonchev–Trinajstić information content (AvgIpc) is 2.90. The quantitative estimate of drug-likeness (QED) is 0.667. The van der Waals surface area contributed by atoms with Gasteiger partial charge in [0.2, 0.25) is 11.7 Å². The molecule has 1 aliphatic heterocycles. The molecule has 2 N–H and O–H groups in total. The maximum atomic E-state index is 12.4. The molecule has 2 aromatic carbocycles. The van der Waals surface area contributed by atoms with Gasteiger partial charge >= 0.3 is 0 Å². The highest BCUT2D eigenvalue weighted by Crippen LogP contribution is 2.33. The van der Waals surface area contributed by atoms with Crippen molar-refractivity contribution in [3.05, 3.63) is 54.1 Å². The van der Waals surface area contributed by atoms with E-state index >= 15 is 0 Å². The van der Waals surface area contributed by atoms with E-state index in [0.717, 1.165) is 0 Å². The monoisotopic (exact) mass is 310 g/mol. The Bertz CT molecular complexity index is 801. The molecule has 116 valence electrons. The van der Waals surface area contributed by atoms with Crippen molar-refractivity contribution >= 4 is 29.0 Å². The van der Waals surface area contributed by atoms with Crippen molar-refractivity contribution in [3.8, 4) is 5.75 Å². The van der Waals surface area contributed by atoms with Crippen molar-refractivity contribution < 1.29 is 19.1 Å². The second-order valence-electron chi connectivity index (χ2n) is 5.06. The van der Waals surface area contributed by atoms with Crippen LogP contribution in [-0.4, -0.2) is 24.7 Å². The number of amides is 2. The Kier molecular flexibility index (Phi) is 3.80. The summed E-state index contributed by atoms with van der Waals surface area (Å²) in [4.78, 5) is 36.5. The molecule has 1 atom stereocenters. The molecule has 0 aliphatic carbocycles. The average molecular weight is 310 g/mol. The van der Waals surface area contributed by atoms with Gasteiger partial charge in [0.1, 0.15) is 11.7 Å². The number of Topliss-reactive ketones (excluding diaryl/α,β-unsaturated/α-hetero) is 1. The Labute approximate surface area is 132 Å². The lowest BCUT2D eigenvalue weighted by Gasteiger charge is -2.09. The first kappa shape index (κ1) is 14.8. The van der Waals surface area contributed by atoms with Gasteiger partial charge in [0, 0.05) is 17.4 Å². The molecule has 1 heterocycles. The Morgan fingerprint density at radius 1 is 1.13 bits per heavy atom. The number of ether oxygens (including phenoxy) is 1. The summed E-state index contributed by atoms with van der Waals surface area (Å²) in [5.41, 5.74) is 1.50. The van der Waals surface area contributed by atoms with Crippen LogP contribution in [0.3, 0.4) is 0 Å². The molecule has 2 aromatic rings. The van der Waals surface area contributed by atoms with Crippen molar-refractivity contribution in [1.29, 1.82) is 0 Å². The third kappa shape index (κ3) is 2.78. The highest BCUT2D eigenvalue weighted by atomic mass is 16.5. The number of carbonyl (C=O) groups excluding carboxylic acids is 3. The zero-order valence-electron chi connectivity index (χ0n) is 12.3. The van der Waals surface area contributed by atoms with Gasteiger partial charge in [-0.05, 0) is 23.8 Å². The van der Waals surface area contributed by atoms with Crippen LogP contribution in [0.2, 0.25) is 0 Å². The van der Waals surface area contributed by atoms with Crippen LogP contribution >= 0.6 is 0 Å². The molecule has 6 nitrogen and oxygen atoms in total. The molecule has 0 fully saturated rings. The van der Waals surface area contributed by atoms with E-state index < -0.39 is 23.5 Å². The topological polar surface area (TPSA) is 84.5 Å². The molecule has 23 heavy (non-hydrogen) atoms. The predicted octanol–water partition coefficient (Wildman–Crippen LogP) is 1.94. The number of anilines is 2. The fourth-order valence-corrected chi connectivity index (χ4v) is 2.49. The van der Waals surface area contributed by atoms with Crippen LogP contribution in [0.5, 0.6) is 5.75 Å². The van der Waals surface area contributed by atoms with Gasteiger partial charge in [0.15, 0.2) is 0 Å². The summed E-state index contributed by atoms with van der Waals surface area (Å²) in [6.45, 7) is 0. The Hall–Kier alpha value is -3.15. The van der Waals surface area contributed by atoms with Crippen molar-refractivity contribution in [2.24, 2.45) is 0 Å². The maximum absolute atomic E-state index is 12.4. The summed E-state index contributed by atoms with van der Waals surface area (Å²) in [6, 6.07) is 13.5. The van der Waals surface area contributed by atoms with E-state index in [4.69, 9.17) is 4.74 Å². The third-order valence-corrected chi connectivity index (χ3v) is 3.61. The SMILES string of the molecule is COc1cccc(NC(=O)C(=O)C2C(=O)Nc3ccccc32)c1. The van der Waals surface area contributed by atoms with Crippen LogP contribution in [0.25, 0.3) is 0 Å². The van der Waals surface area contributed by atoms with E-state index in [9.17, 15) is 14.4 Å². The predicted molar refractivity (Wildman–Crippen MR) is 84.4 cm³/mol. The minimum atomic E-state index is -1.11. The van der Waals surface area contributed by atoms with Crippen molar-refractivity contribution in [2.75, 3.05) is 17.7 Å². The van der Waals surface area contributed by atoms with Crippen LogP contribution in [-0.2, 0) is 14.4 Å². The molecular formula is C17H14N2O4. The van der Waals surface area contributed by atoms with Crippen LogP contribution in [0.15, 0.2) is 48.5 Å². The molecule has 0 spiro atoms. The van der Waals surface area contributed by atoms with E-state index in [1.807, 2.05) is 0 Å². The summed E-state index contributed by atoms with van der Waals surface area (Å²) >= 11 is 0. The molecule has 6 heteroatoms. The van der Waals surface area contributed by atoms with Gasteiger partial charge in [0.25, 0.3) is 5.91 Å². The zero-order valence-corrected chi connectivity index (χ0v) is 12.3. The van der Waals surface area contributed by atoms with E-state index in [-0.39, 0.29) is 0 Å². The fraction of sp³-hybridized carbons (Fsp3) is 0.118. The van der Waals surface area contributed by atoms with Crippen LogP contribution in [0.1, 0.15) is 11.5 Å². The molecule has 0 radical (unpaired) electrons. The first-order chi connectivity index (χ1) is 11.1. The number of benzene rings is 2. The number of para-hydroxylation sites is 1. The van der Waals surface area contributed by atoms with Crippen LogP contribution in [0.4, 0.5) is 11.4 Å². The minimum absolute atomic E-state index is 0.425. The normalized spacial score (nSPS) is 15.5. The highest BCUT2D eigenvalue weighted by Gasteiger charge is 2.39. The molecule has 0 bridgehead atoms. The second-order valence-corrected chi connectivity index (χ2v) is 5.06. The van der Waals surface area contributed by atoms with E-state index in [2.05, 4.69) is 10.6 Å². The number of rotatable bonds is 4. The number of hydrogen-bond acceptors (Lipinski definition) is 4. The summed E-state index contributed by atoms with van der Waals surface area (Å²) in [5.74, 6) is -2.68. The van der Waals surface area contributed by atoms with Crippen LogP contribution < -0.4 is 15.4 Å². The summed E-state index contributed by atoms with van der Waals surface area (Å²) in [6.07, 6.45) is 0. The van der Waals surface area contributed by atoms with Crippen molar-refractivity contribution in [1.82, 2.24) is 0 Å². The number of hydrogen-bond donors (Lipinski definition) is 2. The lowest BCUT2D eigenvalue weighted by atomic mass is 9.95. The molecule has 0 saturated heterocycles. The number of nitrogens with one attached hydrogen (secondary N) is 2. The highest BCUT2D eigenvalue weighted by molar-refractivity contribution is 6.47. The lowest BCUT2D eigenvalue weighted by molar-refractivity contribution is -0.138. The van der Waals surface area contributed by atoms with Crippen molar-refractivity contribution in [2.45, 2.75) is 5.92 Å². The van der Waals surface area contributed by atoms with Gasteiger partial charge in [0.05, 0.1) is 7.11 Å². The van der Waals surface area contributed by atoms with Gasteiger partial charge < -0.3 is 15.4 Å². The standard InChI is InChI=1S/C17H14N2O4/c1-23-11-6-4-5-10(9-11)18-17(22)15(20)14-12-7-2-3-8-13(12)19-16(14)21/h2-9,14H,1H3,(H,18,22)(H,19,21). The largest absolute Gasteiger partial charge is 0.497 e. The van der Waals surface area contributed by atoms with Crippen molar-refractivity contribution in [3.63, 3.8) is 0 Å². The number of ketones is 1. The van der Waals surface area contributed by atoms with Gasteiger partial charge in [-0.25, -0.2) is 0 Å². The Morgan fingerprint density at radius 2 is 1.91 bits per heavy atom. The van der Waals surface area contributed by atoms with Gasteiger partial charge in [-0.2, -0.15) is 0 Å². The number of methoxy groups -OCH3 is 1. The lowest BCUT2D eigenvalue weighted by Crippen LogP contribution is -2.31. The first-order valence-electron chi connectivity index (χ1n) is 6.99. The molecule has 0 aromatic heterocycles. The van der Waals surface area contributed by atoms with Gasteiger partial charge in [-0.3, -0.25) is 14.4 Å². The molecule has 3 rings (SSSR count). The number of fused-ring (bicyclic) bond motifs is 1. The Balaban J connectivity index is 1.80. The van der Waals surface area contributed by atoms with E-state index in [0.29, 0.717) is 22.7 Å². The smallest absolute Gasteiger partial charge is 0.292 e. The van der Waals surface area contributed by atoms with Gasteiger partial charge in [-0.1, -0.05) is 24.3 Å². The van der Waals surface area contributed by atoms with E-state index in [1.165, 1.54) is 7.11 Å². The molecule has 1 unspecified atom stereocenters. The van der Waals surface area contributed by atoms with Gasteiger partial charge in [-0.15, -0.1) is 0 Å². The summed E-state index contributed by atoms with van der Waals surface area (Å²) in [5, 5.41) is 5.10. The zero-order chi connectivity index (χ0) is 16.4. The van der Waals surface area contributed by atoms with E-state index in [1.54, 1.807) is 48.5 Å². The fourth-order valence-electron chi connectivity index (χ4n) is 2.49. The molecule has 1 aliphatic rings. The molecule has 0 saturated carbocycles. The molecular weight excluding hydrogens is 296 g/mol. The third-order valence-electron chi connectivity index (χ3n) is 3.61. The summed E-state index contributed by atoms with van der Waals surface area (Å²) < 4.78 is 5.06. The second kappa shape index (κ2) is 5.92. The maximum Gasteiger partial charge on any atom is 0.292 e.